The average Bonchev–Trinajstić information content (AvgIpc) is 2.88. The number of β-amino-alcohol motifs (C(OH)–C–C–N with tert-alkyl or cyclic N) is 1. The van der Waals surface area contributed by atoms with Gasteiger partial charge in [0.1, 0.15) is 5.60 Å². The van der Waals surface area contributed by atoms with Gasteiger partial charge in [0.05, 0.1) is 6.61 Å². The average molecular weight is 301 g/mol. The molecule has 3 rings (SSSR count). The molecule has 0 amide bonds. The maximum atomic E-state index is 11.7. The highest BCUT2D eigenvalue weighted by Gasteiger charge is 2.50. The van der Waals surface area contributed by atoms with Crippen LogP contribution in [0, 0.1) is 5.92 Å². The van der Waals surface area contributed by atoms with Crippen molar-refractivity contribution in [2.45, 2.75) is 37.8 Å². The summed E-state index contributed by atoms with van der Waals surface area (Å²) in [4.78, 5) is 11.7. The summed E-state index contributed by atoms with van der Waals surface area (Å²) >= 11 is 0. The standard InChI is InChI=1S/C18H23NO3/c1-2-22-16(20)11-13-7-6-10-15-17(13)19-12-18(15,21)14-8-4-3-5-9-14/h3-5,8-9,11,15,17,19,21H,2,6-7,10,12H2,1H3/b13-11+. The molecule has 3 atom stereocenters. The maximum absolute atomic E-state index is 11.7. The third kappa shape index (κ3) is 2.69. The van der Waals surface area contributed by atoms with E-state index in [2.05, 4.69) is 5.32 Å². The van der Waals surface area contributed by atoms with E-state index in [0.29, 0.717) is 13.2 Å². The van der Waals surface area contributed by atoms with Gasteiger partial charge in [0, 0.05) is 24.6 Å². The fraction of sp³-hybridized carbons (Fsp3) is 0.500. The number of hydrogen-bond donors (Lipinski definition) is 2. The van der Waals surface area contributed by atoms with Gasteiger partial charge in [-0.3, -0.25) is 0 Å². The van der Waals surface area contributed by atoms with Crippen LogP contribution in [0.15, 0.2) is 42.0 Å². The number of ether oxygens (including phenoxy) is 1. The highest BCUT2D eigenvalue weighted by Crippen LogP contribution is 2.45. The first-order valence-corrected chi connectivity index (χ1v) is 8.03. The lowest BCUT2D eigenvalue weighted by Crippen LogP contribution is -2.39. The Morgan fingerprint density at radius 1 is 1.45 bits per heavy atom. The predicted molar refractivity (Wildman–Crippen MR) is 84.2 cm³/mol. The molecule has 2 aliphatic rings. The molecule has 0 radical (unpaired) electrons. The number of hydrogen-bond acceptors (Lipinski definition) is 4. The Morgan fingerprint density at radius 3 is 2.95 bits per heavy atom. The fourth-order valence-corrected chi connectivity index (χ4v) is 3.83. The van der Waals surface area contributed by atoms with Crippen LogP contribution in [0.4, 0.5) is 0 Å². The van der Waals surface area contributed by atoms with Crippen molar-refractivity contribution in [3.63, 3.8) is 0 Å². The fourth-order valence-electron chi connectivity index (χ4n) is 3.83. The van der Waals surface area contributed by atoms with Gasteiger partial charge in [0.15, 0.2) is 0 Å². The summed E-state index contributed by atoms with van der Waals surface area (Å²) in [6, 6.07) is 9.89. The quantitative estimate of drug-likeness (QED) is 0.663. The zero-order valence-corrected chi connectivity index (χ0v) is 12.9. The van der Waals surface area contributed by atoms with Gasteiger partial charge in [-0.2, -0.15) is 0 Å². The number of carbonyl (C=O) groups is 1. The van der Waals surface area contributed by atoms with E-state index in [0.717, 1.165) is 30.4 Å². The topological polar surface area (TPSA) is 58.6 Å². The molecule has 118 valence electrons. The van der Waals surface area contributed by atoms with Gasteiger partial charge in [-0.15, -0.1) is 0 Å². The van der Waals surface area contributed by atoms with Crippen molar-refractivity contribution in [2.75, 3.05) is 13.2 Å². The zero-order chi connectivity index (χ0) is 15.6. The number of nitrogens with one attached hydrogen (secondary N) is 1. The second-order valence-electron chi connectivity index (χ2n) is 6.12. The third-order valence-electron chi connectivity index (χ3n) is 4.85. The molecule has 2 N–H and O–H groups in total. The van der Waals surface area contributed by atoms with Crippen LogP contribution in [0.25, 0.3) is 0 Å². The van der Waals surface area contributed by atoms with E-state index in [-0.39, 0.29) is 17.9 Å². The van der Waals surface area contributed by atoms with E-state index in [9.17, 15) is 9.90 Å². The minimum Gasteiger partial charge on any atom is -0.463 e. The molecule has 3 unspecified atom stereocenters. The van der Waals surface area contributed by atoms with Gasteiger partial charge >= 0.3 is 5.97 Å². The predicted octanol–water partition coefficient (Wildman–Crippen LogP) is 2.14. The van der Waals surface area contributed by atoms with Gasteiger partial charge < -0.3 is 15.2 Å². The summed E-state index contributed by atoms with van der Waals surface area (Å²) in [5.41, 5.74) is 1.15. The molecule has 1 aromatic rings. The second kappa shape index (κ2) is 6.23. The van der Waals surface area contributed by atoms with Crippen molar-refractivity contribution < 1.29 is 14.6 Å². The molecule has 0 aromatic heterocycles. The van der Waals surface area contributed by atoms with Gasteiger partial charge in [-0.1, -0.05) is 30.3 Å². The zero-order valence-electron chi connectivity index (χ0n) is 12.9. The number of fused-ring (bicyclic) bond motifs is 1. The minimum atomic E-state index is -0.861. The molecule has 1 heterocycles. The van der Waals surface area contributed by atoms with Gasteiger partial charge in [0.25, 0.3) is 0 Å². The first kappa shape index (κ1) is 15.3. The SMILES string of the molecule is CCOC(=O)/C=C1\CCCC2C1NCC2(O)c1ccccc1. The molecule has 4 nitrogen and oxygen atoms in total. The summed E-state index contributed by atoms with van der Waals surface area (Å²) in [6.07, 6.45) is 4.45. The van der Waals surface area contributed by atoms with E-state index in [1.54, 1.807) is 6.08 Å². The van der Waals surface area contributed by atoms with Crippen molar-refractivity contribution in [3.8, 4) is 0 Å². The summed E-state index contributed by atoms with van der Waals surface area (Å²) in [7, 11) is 0. The van der Waals surface area contributed by atoms with E-state index in [1.165, 1.54) is 0 Å². The second-order valence-corrected chi connectivity index (χ2v) is 6.12. The molecule has 1 aliphatic heterocycles. The first-order chi connectivity index (χ1) is 10.6. The molecule has 4 heteroatoms. The van der Waals surface area contributed by atoms with Crippen LogP contribution < -0.4 is 5.32 Å². The van der Waals surface area contributed by atoms with Crippen molar-refractivity contribution in [3.05, 3.63) is 47.5 Å². The van der Waals surface area contributed by atoms with Crippen molar-refractivity contribution in [2.24, 2.45) is 5.92 Å². The van der Waals surface area contributed by atoms with Gasteiger partial charge in [0.2, 0.25) is 0 Å². The lowest BCUT2D eigenvalue weighted by molar-refractivity contribution is -0.137. The number of benzene rings is 1. The van der Waals surface area contributed by atoms with Crippen LogP contribution in [-0.4, -0.2) is 30.3 Å². The van der Waals surface area contributed by atoms with Crippen LogP contribution in [-0.2, 0) is 15.1 Å². The summed E-state index contributed by atoms with van der Waals surface area (Å²) in [5, 5.41) is 14.6. The Morgan fingerprint density at radius 2 is 2.23 bits per heavy atom. The van der Waals surface area contributed by atoms with E-state index >= 15 is 0 Å². The molecule has 22 heavy (non-hydrogen) atoms. The molecule has 1 aromatic carbocycles. The first-order valence-electron chi connectivity index (χ1n) is 8.03. The molecule has 1 aliphatic carbocycles. The number of rotatable bonds is 3. The van der Waals surface area contributed by atoms with Crippen LogP contribution in [0.1, 0.15) is 31.7 Å². The minimum absolute atomic E-state index is 0.0587. The maximum Gasteiger partial charge on any atom is 0.330 e. The van der Waals surface area contributed by atoms with E-state index < -0.39 is 5.60 Å². The van der Waals surface area contributed by atoms with Crippen LogP contribution >= 0.6 is 0 Å². The molecule has 2 fully saturated rings. The van der Waals surface area contributed by atoms with E-state index in [1.807, 2.05) is 37.3 Å². The van der Waals surface area contributed by atoms with Crippen LogP contribution in [0.5, 0.6) is 0 Å². The van der Waals surface area contributed by atoms with E-state index in [4.69, 9.17) is 4.74 Å². The Balaban J connectivity index is 1.86. The number of aliphatic hydroxyl groups is 1. The molecular weight excluding hydrogens is 278 g/mol. The smallest absolute Gasteiger partial charge is 0.330 e. The Kier molecular flexibility index (Phi) is 4.32. The Hall–Kier alpha value is -1.65. The lowest BCUT2D eigenvalue weighted by atomic mass is 9.72. The van der Waals surface area contributed by atoms with Crippen molar-refractivity contribution in [1.29, 1.82) is 0 Å². The van der Waals surface area contributed by atoms with Crippen molar-refractivity contribution in [1.82, 2.24) is 5.32 Å². The monoisotopic (exact) mass is 301 g/mol. The normalized spacial score (nSPS) is 32.7. The summed E-state index contributed by atoms with van der Waals surface area (Å²) in [6.45, 7) is 2.71. The number of esters is 1. The van der Waals surface area contributed by atoms with Crippen LogP contribution in [0.3, 0.4) is 0 Å². The van der Waals surface area contributed by atoms with Crippen molar-refractivity contribution >= 4 is 5.97 Å². The molecular formula is C18H23NO3. The van der Waals surface area contributed by atoms with Crippen LogP contribution in [0.2, 0.25) is 0 Å². The van der Waals surface area contributed by atoms with Gasteiger partial charge in [-0.05, 0) is 37.3 Å². The molecule has 1 saturated heterocycles. The largest absolute Gasteiger partial charge is 0.463 e. The Labute approximate surface area is 131 Å². The Bertz CT molecular complexity index is 569. The summed E-state index contributed by atoms with van der Waals surface area (Å²) < 4.78 is 5.02. The highest BCUT2D eigenvalue weighted by molar-refractivity contribution is 5.83. The number of carbonyl (C=O) groups excluding carboxylic acids is 1. The molecule has 1 saturated carbocycles. The molecule has 0 bridgehead atoms. The lowest BCUT2D eigenvalue weighted by Gasteiger charge is -2.36. The summed E-state index contributed by atoms with van der Waals surface area (Å²) in [5.74, 6) is -0.181. The molecule has 0 spiro atoms. The third-order valence-corrected chi connectivity index (χ3v) is 4.85. The van der Waals surface area contributed by atoms with Gasteiger partial charge in [-0.25, -0.2) is 4.79 Å². The highest BCUT2D eigenvalue weighted by atomic mass is 16.5.